The number of halogens is 1. The van der Waals surface area contributed by atoms with Crippen LogP contribution in [0.15, 0.2) is 52.9 Å². The first-order valence-electron chi connectivity index (χ1n) is 8.73. The van der Waals surface area contributed by atoms with Crippen molar-refractivity contribution in [3.05, 3.63) is 65.0 Å². The van der Waals surface area contributed by atoms with Gasteiger partial charge in [-0.2, -0.15) is 0 Å². The van der Waals surface area contributed by atoms with Crippen LogP contribution >= 0.6 is 11.6 Å². The van der Waals surface area contributed by atoms with Crippen molar-refractivity contribution in [3.63, 3.8) is 0 Å². The van der Waals surface area contributed by atoms with Crippen molar-refractivity contribution in [1.82, 2.24) is 15.1 Å². The number of carbonyl (C=O) groups excluding carboxylic acids is 2. The van der Waals surface area contributed by atoms with E-state index in [1.165, 1.54) is 4.90 Å². The van der Waals surface area contributed by atoms with Crippen molar-refractivity contribution < 1.29 is 14.0 Å². The number of hydrogen-bond acceptors (Lipinski definition) is 5. The van der Waals surface area contributed by atoms with Crippen LogP contribution in [0.5, 0.6) is 0 Å². The third kappa shape index (κ3) is 3.25. The van der Waals surface area contributed by atoms with Crippen molar-refractivity contribution in [1.29, 1.82) is 0 Å². The molecule has 0 saturated carbocycles. The normalized spacial score (nSPS) is 16.9. The molecule has 7 nitrogen and oxygen atoms in total. The largest absolute Gasteiger partial charge is 0.419 e. The molecule has 3 amide bonds. The minimum absolute atomic E-state index is 0.0784. The zero-order valence-corrected chi connectivity index (χ0v) is 16.1. The molecule has 28 heavy (non-hydrogen) atoms. The number of amides is 3. The molecule has 1 aliphatic rings. The van der Waals surface area contributed by atoms with Gasteiger partial charge in [0.25, 0.3) is 5.91 Å². The molecular weight excluding hydrogens is 380 g/mol. The van der Waals surface area contributed by atoms with Gasteiger partial charge in [0.2, 0.25) is 11.8 Å². The highest BCUT2D eigenvalue weighted by atomic mass is 35.5. The Kier molecular flexibility index (Phi) is 4.60. The van der Waals surface area contributed by atoms with E-state index >= 15 is 0 Å². The Morgan fingerprint density at radius 1 is 1.04 bits per heavy atom. The molecule has 3 aromatic rings. The van der Waals surface area contributed by atoms with E-state index in [-0.39, 0.29) is 18.3 Å². The maximum absolute atomic E-state index is 12.9. The molecule has 8 heteroatoms. The maximum Gasteiger partial charge on any atom is 0.332 e. The number of nitrogens with zero attached hydrogens (tertiary/aromatic N) is 4. The lowest BCUT2D eigenvalue weighted by molar-refractivity contribution is -0.127. The fourth-order valence-electron chi connectivity index (χ4n) is 3.07. The third-order valence-electron chi connectivity index (χ3n) is 4.61. The van der Waals surface area contributed by atoms with Gasteiger partial charge in [0.15, 0.2) is 0 Å². The minimum Gasteiger partial charge on any atom is -0.419 e. The Labute approximate surface area is 166 Å². The molecule has 1 aliphatic heterocycles. The zero-order valence-electron chi connectivity index (χ0n) is 15.3. The van der Waals surface area contributed by atoms with E-state index < -0.39 is 12.1 Å². The lowest BCUT2D eigenvalue weighted by Gasteiger charge is -2.19. The third-order valence-corrected chi connectivity index (χ3v) is 4.86. The highest BCUT2D eigenvalue weighted by Gasteiger charge is 2.43. The first-order valence-corrected chi connectivity index (χ1v) is 9.11. The molecule has 0 radical (unpaired) electrons. The number of benzene rings is 2. The van der Waals surface area contributed by atoms with Crippen LogP contribution in [0.3, 0.4) is 0 Å². The lowest BCUT2D eigenvalue weighted by Crippen LogP contribution is -2.33. The van der Waals surface area contributed by atoms with Gasteiger partial charge in [-0.05, 0) is 50.2 Å². The Morgan fingerprint density at radius 3 is 2.39 bits per heavy atom. The average molecular weight is 397 g/mol. The summed E-state index contributed by atoms with van der Waals surface area (Å²) in [6.45, 7) is 3.59. The Balaban J connectivity index is 1.55. The molecule has 0 spiro atoms. The minimum atomic E-state index is -0.603. The molecule has 1 atom stereocenters. The quantitative estimate of drug-likeness (QED) is 0.621. The van der Waals surface area contributed by atoms with Crippen LogP contribution in [0.1, 0.15) is 18.4 Å². The van der Waals surface area contributed by atoms with Gasteiger partial charge in [-0.15, -0.1) is 10.2 Å². The molecule has 0 N–H and O–H groups in total. The predicted molar refractivity (Wildman–Crippen MR) is 104 cm³/mol. The summed E-state index contributed by atoms with van der Waals surface area (Å²) < 4.78 is 5.63. The van der Waals surface area contributed by atoms with E-state index in [1.807, 2.05) is 31.2 Å². The highest BCUT2D eigenvalue weighted by molar-refractivity contribution is 6.30. The molecule has 1 fully saturated rings. The van der Waals surface area contributed by atoms with Crippen LogP contribution in [0.25, 0.3) is 11.5 Å². The molecule has 1 aromatic heterocycles. The van der Waals surface area contributed by atoms with Crippen LogP contribution in [0.4, 0.5) is 10.5 Å². The summed E-state index contributed by atoms with van der Waals surface area (Å²) in [6.07, 6.45) is 0. The maximum atomic E-state index is 12.9. The predicted octanol–water partition coefficient (Wildman–Crippen LogP) is 4.06. The fourth-order valence-corrected chi connectivity index (χ4v) is 3.20. The van der Waals surface area contributed by atoms with E-state index in [0.717, 1.165) is 10.5 Å². The summed E-state index contributed by atoms with van der Waals surface area (Å²) in [5.74, 6) is 0.177. The molecular formula is C20H17ClN4O3. The topological polar surface area (TPSA) is 79.5 Å². The molecule has 0 unspecified atom stereocenters. The smallest absolute Gasteiger partial charge is 0.332 e. The summed E-state index contributed by atoms with van der Waals surface area (Å²) in [6, 6.07) is 13.4. The number of anilines is 1. The summed E-state index contributed by atoms with van der Waals surface area (Å²) >= 11 is 5.88. The SMILES string of the molecule is Cc1ccc(N2C(=O)N(Cc3nnc(-c4ccc(Cl)cc4)o3)C(=O)[C@H]2C)cc1. The van der Waals surface area contributed by atoms with Crippen molar-refractivity contribution in [3.8, 4) is 11.5 Å². The number of rotatable bonds is 4. The van der Waals surface area contributed by atoms with Crippen molar-refractivity contribution in [2.45, 2.75) is 26.4 Å². The van der Waals surface area contributed by atoms with E-state index in [9.17, 15) is 9.59 Å². The van der Waals surface area contributed by atoms with Crippen molar-refractivity contribution >= 4 is 29.2 Å². The standard InChI is InChI=1S/C20H17ClN4O3/c1-12-3-9-16(10-4-12)25-13(2)19(26)24(20(25)27)11-17-22-23-18(28-17)14-5-7-15(21)8-6-14/h3-10,13H,11H2,1-2H3/t13-/m1/s1. The summed E-state index contributed by atoms with van der Waals surface area (Å²) in [5, 5.41) is 8.56. The lowest BCUT2D eigenvalue weighted by atomic mass is 10.2. The van der Waals surface area contributed by atoms with Crippen molar-refractivity contribution in [2.75, 3.05) is 4.90 Å². The fraction of sp³-hybridized carbons (Fsp3) is 0.200. The van der Waals surface area contributed by atoms with E-state index in [4.69, 9.17) is 16.0 Å². The van der Waals surface area contributed by atoms with Crippen LogP contribution in [0, 0.1) is 6.92 Å². The zero-order chi connectivity index (χ0) is 19.8. The monoisotopic (exact) mass is 396 g/mol. The van der Waals surface area contributed by atoms with Gasteiger partial charge in [-0.1, -0.05) is 29.3 Å². The second-order valence-electron chi connectivity index (χ2n) is 6.60. The van der Waals surface area contributed by atoms with Gasteiger partial charge in [0, 0.05) is 16.3 Å². The molecule has 142 valence electrons. The number of carbonyl (C=O) groups is 2. The second kappa shape index (κ2) is 7.09. The first-order chi connectivity index (χ1) is 13.4. The van der Waals surface area contributed by atoms with E-state index in [0.29, 0.717) is 22.2 Å². The summed E-state index contributed by atoms with van der Waals surface area (Å²) in [7, 11) is 0. The number of aryl methyl sites for hydroxylation is 1. The highest BCUT2D eigenvalue weighted by Crippen LogP contribution is 2.28. The summed E-state index contributed by atoms with van der Waals surface area (Å²) in [4.78, 5) is 28.1. The van der Waals surface area contributed by atoms with Gasteiger partial charge in [0.1, 0.15) is 12.6 Å². The van der Waals surface area contributed by atoms with E-state index in [2.05, 4.69) is 10.2 Å². The number of urea groups is 1. The van der Waals surface area contributed by atoms with Crippen molar-refractivity contribution in [2.24, 2.45) is 0 Å². The number of imide groups is 1. The van der Waals surface area contributed by atoms with E-state index in [1.54, 1.807) is 31.2 Å². The van der Waals surface area contributed by atoms with Gasteiger partial charge < -0.3 is 4.42 Å². The van der Waals surface area contributed by atoms with Crippen LogP contribution < -0.4 is 4.90 Å². The van der Waals surface area contributed by atoms with Crippen LogP contribution in [0.2, 0.25) is 5.02 Å². The molecule has 2 aromatic carbocycles. The molecule has 1 saturated heterocycles. The number of hydrogen-bond donors (Lipinski definition) is 0. The Bertz CT molecular complexity index is 1030. The van der Waals surface area contributed by atoms with Crippen LogP contribution in [-0.2, 0) is 11.3 Å². The van der Waals surface area contributed by atoms with Gasteiger partial charge >= 0.3 is 6.03 Å². The molecule has 4 rings (SSSR count). The molecule has 0 bridgehead atoms. The molecule has 0 aliphatic carbocycles. The van der Waals surface area contributed by atoms with Gasteiger partial charge in [-0.3, -0.25) is 14.6 Å². The Morgan fingerprint density at radius 2 is 1.71 bits per heavy atom. The Hall–Kier alpha value is -3.19. The average Bonchev–Trinajstić information content (AvgIpc) is 3.23. The number of aromatic nitrogens is 2. The van der Waals surface area contributed by atoms with Gasteiger partial charge in [-0.25, -0.2) is 4.79 Å². The van der Waals surface area contributed by atoms with Gasteiger partial charge in [0.05, 0.1) is 0 Å². The van der Waals surface area contributed by atoms with Crippen LogP contribution in [-0.4, -0.2) is 33.1 Å². The molecule has 2 heterocycles. The summed E-state index contributed by atoms with van der Waals surface area (Å²) in [5.41, 5.74) is 2.45. The first kappa shape index (κ1) is 18.2. The second-order valence-corrected chi connectivity index (χ2v) is 7.03.